The quantitative estimate of drug-likeness (QED) is 0.221. The fraction of sp³-hybridized carbons (Fsp3) is 0.0250. The first-order chi connectivity index (χ1) is 21.8. The van der Waals surface area contributed by atoms with E-state index >= 15 is 0 Å². The maximum atomic E-state index is 5.39. The first kappa shape index (κ1) is 25.1. The molecule has 0 saturated heterocycles. The number of para-hydroxylation sites is 1. The molecule has 0 amide bonds. The normalized spacial score (nSPS) is 14.8. The lowest BCUT2D eigenvalue weighted by Gasteiger charge is -2.20. The van der Waals surface area contributed by atoms with Gasteiger partial charge in [-0.15, -0.1) is 11.3 Å². The SMILES string of the molecule is C1=CC(c2cccc3c2sc2c(-c4ccccc4)cccc23)N=C(n2c3ccccc3c3ccc(-c4ccccc4)cc32)N1. The van der Waals surface area contributed by atoms with Crippen LogP contribution in [0.4, 0.5) is 0 Å². The summed E-state index contributed by atoms with van der Waals surface area (Å²) in [6, 6.07) is 49.8. The molecule has 1 aliphatic heterocycles. The fourth-order valence-electron chi connectivity index (χ4n) is 6.65. The van der Waals surface area contributed by atoms with E-state index in [0.717, 1.165) is 17.0 Å². The highest BCUT2D eigenvalue weighted by atomic mass is 32.1. The number of aliphatic imine (C=N–C) groups is 1. The van der Waals surface area contributed by atoms with Crippen LogP contribution in [0.1, 0.15) is 11.6 Å². The first-order valence-corrected chi connectivity index (χ1v) is 15.7. The van der Waals surface area contributed by atoms with E-state index in [9.17, 15) is 0 Å². The van der Waals surface area contributed by atoms with Crippen LogP contribution in [0.15, 0.2) is 157 Å². The van der Waals surface area contributed by atoms with Crippen LogP contribution in [0, 0.1) is 0 Å². The summed E-state index contributed by atoms with van der Waals surface area (Å²) < 4.78 is 4.89. The highest BCUT2D eigenvalue weighted by molar-refractivity contribution is 7.26. The van der Waals surface area contributed by atoms with Crippen LogP contribution < -0.4 is 5.32 Å². The Morgan fingerprint density at radius 1 is 0.545 bits per heavy atom. The van der Waals surface area contributed by atoms with E-state index in [-0.39, 0.29) is 6.04 Å². The molecule has 208 valence electrons. The van der Waals surface area contributed by atoms with Gasteiger partial charge in [0.05, 0.1) is 17.1 Å². The minimum Gasteiger partial charge on any atom is -0.332 e. The van der Waals surface area contributed by atoms with Gasteiger partial charge in [-0.2, -0.15) is 0 Å². The van der Waals surface area contributed by atoms with Crippen LogP contribution in [0.25, 0.3) is 64.2 Å². The molecule has 1 unspecified atom stereocenters. The summed E-state index contributed by atoms with van der Waals surface area (Å²) in [5.74, 6) is 0.831. The van der Waals surface area contributed by atoms with Crippen LogP contribution >= 0.6 is 11.3 Å². The summed E-state index contributed by atoms with van der Waals surface area (Å²) in [7, 11) is 0. The number of benzene rings is 6. The monoisotopic (exact) mass is 581 g/mol. The molecule has 0 saturated carbocycles. The molecule has 0 fully saturated rings. The second-order valence-electron chi connectivity index (χ2n) is 11.2. The highest BCUT2D eigenvalue weighted by Gasteiger charge is 2.22. The largest absolute Gasteiger partial charge is 0.332 e. The Hall–Kier alpha value is -5.45. The zero-order valence-electron chi connectivity index (χ0n) is 23.8. The third-order valence-corrected chi connectivity index (χ3v) is 10.0. The number of hydrogen-bond donors (Lipinski definition) is 1. The predicted octanol–water partition coefficient (Wildman–Crippen LogP) is 10.6. The molecular weight excluding hydrogens is 555 g/mol. The highest BCUT2D eigenvalue weighted by Crippen LogP contribution is 2.43. The molecular formula is C40H27N3S. The minimum atomic E-state index is -0.114. The Kier molecular flexibility index (Phi) is 5.75. The Morgan fingerprint density at radius 2 is 1.23 bits per heavy atom. The van der Waals surface area contributed by atoms with Crippen molar-refractivity contribution in [2.45, 2.75) is 6.04 Å². The smallest absolute Gasteiger partial charge is 0.208 e. The van der Waals surface area contributed by atoms with Crippen molar-refractivity contribution in [3.05, 3.63) is 157 Å². The number of thiophene rings is 1. The van der Waals surface area contributed by atoms with Crippen LogP contribution in [0.3, 0.4) is 0 Å². The third kappa shape index (κ3) is 3.92. The van der Waals surface area contributed by atoms with Gasteiger partial charge in [0.2, 0.25) is 5.96 Å². The van der Waals surface area contributed by atoms with Gasteiger partial charge >= 0.3 is 0 Å². The van der Waals surface area contributed by atoms with E-state index in [2.05, 4.69) is 162 Å². The maximum Gasteiger partial charge on any atom is 0.208 e. The number of fused-ring (bicyclic) bond motifs is 6. The molecule has 0 aliphatic carbocycles. The van der Waals surface area contributed by atoms with E-state index in [1.165, 1.54) is 58.8 Å². The molecule has 0 spiro atoms. The van der Waals surface area contributed by atoms with Crippen molar-refractivity contribution < 1.29 is 0 Å². The lowest BCUT2D eigenvalue weighted by Crippen LogP contribution is -2.29. The summed E-state index contributed by atoms with van der Waals surface area (Å²) in [6.07, 6.45) is 4.22. The summed E-state index contributed by atoms with van der Waals surface area (Å²) in [5.41, 5.74) is 8.42. The lowest BCUT2D eigenvalue weighted by molar-refractivity contribution is 0.859. The zero-order valence-corrected chi connectivity index (χ0v) is 24.6. The zero-order chi connectivity index (χ0) is 29.0. The molecule has 9 rings (SSSR count). The second-order valence-corrected chi connectivity index (χ2v) is 12.2. The average Bonchev–Trinajstić information content (AvgIpc) is 3.65. The van der Waals surface area contributed by atoms with Gasteiger partial charge in [-0.1, -0.05) is 127 Å². The Bertz CT molecular complexity index is 2410. The van der Waals surface area contributed by atoms with Crippen molar-refractivity contribution in [2.75, 3.05) is 0 Å². The van der Waals surface area contributed by atoms with Crippen molar-refractivity contribution in [3.8, 4) is 22.3 Å². The van der Waals surface area contributed by atoms with Gasteiger partial charge in [0.15, 0.2) is 0 Å². The van der Waals surface area contributed by atoms with Crippen molar-refractivity contribution in [2.24, 2.45) is 4.99 Å². The number of aromatic nitrogens is 1. The van der Waals surface area contributed by atoms with Crippen LogP contribution in [0.5, 0.6) is 0 Å². The van der Waals surface area contributed by atoms with Gasteiger partial charge in [0, 0.05) is 37.1 Å². The molecule has 0 radical (unpaired) electrons. The first-order valence-electron chi connectivity index (χ1n) is 14.9. The molecule has 1 N–H and O–H groups in total. The topological polar surface area (TPSA) is 29.3 Å². The minimum absolute atomic E-state index is 0.114. The van der Waals surface area contributed by atoms with Gasteiger partial charge in [0.1, 0.15) is 0 Å². The van der Waals surface area contributed by atoms with Crippen LogP contribution in [0.2, 0.25) is 0 Å². The van der Waals surface area contributed by atoms with Crippen molar-refractivity contribution in [3.63, 3.8) is 0 Å². The van der Waals surface area contributed by atoms with Crippen LogP contribution in [-0.4, -0.2) is 10.5 Å². The van der Waals surface area contributed by atoms with Gasteiger partial charge in [-0.3, -0.25) is 4.57 Å². The third-order valence-electron chi connectivity index (χ3n) is 8.70. The second kappa shape index (κ2) is 10.1. The van der Waals surface area contributed by atoms with Gasteiger partial charge < -0.3 is 5.32 Å². The van der Waals surface area contributed by atoms with Crippen molar-refractivity contribution in [1.29, 1.82) is 0 Å². The van der Waals surface area contributed by atoms with E-state index in [4.69, 9.17) is 4.99 Å². The Morgan fingerprint density at radius 3 is 2.07 bits per heavy atom. The van der Waals surface area contributed by atoms with E-state index in [1.807, 2.05) is 11.3 Å². The van der Waals surface area contributed by atoms with Crippen LogP contribution in [-0.2, 0) is 0 Å². The van der Waals surface area contributed by atoms with E-state index < -0.39 is 0 Å². The van der Waals surface area contributed by atoms with Gasteiger partial charge in [0.25, 0.3) is 0 Å². The van der Waals surface area contributed by atoms with Crippen molar-refractivity contribution in [1.82, 2.24) is 9.88 Å². The molecule has 3 heterocycles. The van der Waals surface area contributed by atoms with E-state index in [1.54, 1.807) is 0 Å². The summed E-state index contributed by atoms with van der Waals surface area (Å²) in [5, 5.41) is 8.53. The molecule has 1 aliphatic rings. The Labute approximate surface area is 259 Å². The van der Waals surface area contributed by atoms with Gasteiger partial charge in [-0.25, -0.2) is 4.99 Å². The summed E-state index contributed by atoms with van der Waals surface area (Å²) in [4.78, 5) is 5.39. The number of nitrogens with zero attached hydrogens (tertiary/aromatic N) is 2. The molecule has 6 aromatic carbocycles. The van der Waals surface area contributed by atoms with Crippen molar-refractivity contribution >= 4 is 59.3 Å². The molecule has 1 atom stereocenters. The molecule has 3 nitrogen and oxygen atoms in total. The van der Waals surface area contributed by atoms with E-state index in [0.29, 0.717) is 0 Å². The number of nitrogens with one attached hydrogen (secondary N) is 1. The number of rotatable bonds is 3. The molecule has 44 heavy (non-hydrogen) atoms. The summed E-state index contributed by atoms with van der Waals surface area (Å²) in [6.45, 7) is 0. The standard InChI is InChI=1S/C40H27N3S/c1-3-11-26(12-4-1)28-21-22-31-30-15-7-8-20-36(30)43(37(31)25-28)40-41-24-23-35(42-40)34-19-10-18-33-32-17-9-16-29(38(32)44-39(33)34)27-13-5-2-6-14-27/h1-25,35H,(H,41,42). The number of hydrogen-bond acceptors (Lipinski definition) is 3. The van der Waals surface area contributed by atoms with Gasteiger partial charge in [-0.05, 0) is 46.0 Å². The lowest BCUT2D eigenvalue weighted by atomic mass is 10.0. The molecule has 0 bridgehead atoms. The molecule has 8 aromatic rings. The Balaban J connectivity index is 1.22. The average molecular weight is 582 g/mol. The molecule has 2 aromatic heterocycles. The predicted molar refractivity (Wildman–Crippen MR) is 187 cm³/mol. The summed E-state index contributed by atoms with van der Waals surface area (Å²) >= 11 is 1.88. The fourth-order valence-corrected chi connectivity index (χ4v) is 8.03. The molecule has 4 heteroatoms. The maximum absolute atomic E-state index is 5.39.